The zero-order valence-electron chi connectivity index (χ0n) is 16.3. The fourth-order valence-corrected chi connectivity index (χ4v) is 3.39. The number of anilines is 2. The summed E-state index contributed by atoms with van der Waals surface area (Å²) in [6.07, 6.45) is 3.55. The number of H-pyrrole nitrogens is 2. The number of ether oxygens (including phenoxy) is 2. The average molecular weight is 402 g/mol. The van der Waals surface area contributed by atoms with Crippen LogP contribution in [0.4, 0.5) is 11.6 Å². The second-order valence-electron chi connectivity index (χ2n) is 6.65. The summed E-state index contributed by atoms with van der Waals surface area (Å²) in [6, 6.07) is 13.1. The van der Waals surface area contributed by atoms with Gasteiger partial charge in [-0.2, -0.15) is 0 Å². The molecule has 0 amide bonds. The van der Waals surface area contributed by atoms with E-state index in [1.807, 2.05) is 53.1 Å². The van der Waals surface area contributed by atoms with Crippen molar-refractivity contribution in [3.8, 4) is 22.8 Å². The van der Waals surface area contributed by atoms with Crippen LogP contribution in [0.3, 0.4) is 0 Å². The molecule has 0 atom stereocenters. The van der Waals surface area contributed by atoms with Crippen molar-refractivity contribution in [1.29, 1.82) is 0 Å². The Morgan fingerprint density at radius 2 is 1.80 bits per heavy atom. The van der Waals surface area contributed by atoms with Crippen LogP contribution in [0.25, 0.3) is 27.9 Å². The van der Waals surface area contributed by atoms with Gasteiger partial charge in [0.05, 0.1) is 30.9 Å². The minimum absolute atomic E-state index is 0.243. The van der Waals surface area contributed by atoms with E-state index >= 15 is 0 Å². The predicted molar refractivity (Wildman–Crippen MR) is 114 cm³/mol. The Morgan fingerprint density at radius 1 is 0.967 bits per heavy atom. The minimum atomic E-state index is -0.243. The molecule has 2 aromatic carbocycles. The Morgan fingerprint density at radius 3 is 2.63 bits per heavy atom. The van der Waals surface area contributed by atoms with Gasteiger partial charge in [-0.05, 0) is 36.4 Å². The van der Waals surface area contributed by atoms with Gasteiger partial charge in [-0.25, -0.2) is 14.8 Å². The standard InChI is InChI=1S/C21H18N6O3/c1-29-17-6-3-12(9-18(17)30-2)15-11-19-22-7-8-27(19)20(24-15)23-13-4-5-14-16(10-13)26-21(28)25-14/h3-11H,1-2H3,(H,23,24)(H2,25,26,28). The molecule has 0 aliphatic carbocycles. The topological polar surface area (TPSA) is 109 Å². The van der Waals surface area contributed by atoms with Crippen molar-refractivity contribution in [2.75, 3.05) is 19.5 Å². The first-order valence-corrected chi connectivity index (χ1v) is 9.20. The molecule has 150 valence electrons. The second kappa shape index (κ2) is 6.96. The molecule has 5 rings (SSSR count). The Kier molecular flexibility index (Phi) is 4.13. The molecule has 30 heavy (non-hydrogen) atoms. The summed E-state index contributed by atoms with van der Waals surface area (Å²) in [7, 11) is 3.20. The lowest BCUT2D eigenvalue weighted by Gasteiger charge is -2.12. The number of benzene rings is 2. The highest BCUT2D eigenvalue weighted by atomic mass is 16.5. The largest absolute Gasteiger partial charge is 0.493 e. The molecule has 0 unspecified atom stereocenters. The van der Waals surface area contributed by atoms with Crippen LogP contribution in [0.2, 0.25) is 0 Å². The number of rotatable bonds is 5. The zero-order chi connectivity index (χ0) is 20.7. The van der Waals surface area contributed by atoms with Crippen molar-refractivity contribution in [3.05, 3.63) is 65.3 Å². The predicted octanol–water partition coefficient (Wildman–Crippen LogP) is 3.33. The van der Waals surface area contributed by atoms with Crippen LogP contribution in [0.5, 0.6) is 11.5 Å². The van der Waals surface area contributed by atoms with E-state index < -0.39 is 0 Å². The lowest BCUT2D eigenvalue weighted by atomic mass is 10.1. The van der Waals surface area contributed by atoms with Crippen molar-refractivity contribution >= 4 is 28.3 Å². The summed E-state index contributed by atoms with van der Waals surface area (Å²) in [6.45, 7) is 0. The highest BCUT2D eigenvalue weighted by Crippen LogP contribution is 2.32. The molecule has 9 heteroatoms. The van der Waals surface area contributed by atoms with E-state index in [2.05, 4.69) is 20.3 Å². The van der Waals surface area contributed by atoms with Gasteiger partial charge in [0, 0.05) is 29.7 Å². The first-order chi connectivity index (χ1) is 14.6. The van der Waals surface area contributed by atoms with Gasteiger partial charge in [0.25, 0.3) is 0 Å². The lowest BCUT2D eigenvalue weighted by molar-refractivity contribution is 0.355. The summed E-state index contributed by atoms with van der Waals surface area (Å²) < 4.78 is 12.6. The number of nitrogens with one attached hydrogen (secondary N) is 3. The Bertz CT molecular complexity index is 1430. The number of hydrogen-bond acceptors (Lipinski definition) is 6. The number of hydrogen-bond donors (Lipinski definition) is 3. The molecule has 3 N–H and O–H groups in total. The van der Waals surface area contributed by atoms with E-state index in [1.165, 1.54) is 0 Å². The van der Waals surface area contributed by atoms with E-state index in [-0.39, 0.29) is 5.69 Å². The molecule has 0 radical (unpaired) electrons. The molecule has 0 saturated carbocycles. The summed E-state index contributed by atoms with van der Waals surface area (Å²) in [5, 5.41) is 3.32. The van der Waals surface area contributed by atoms with Crippen LogP contribution < -0.4 is 20.5 Å². The van der Waals surface area contributed by atoms with Crippen LogP contribution in [0, 0.1) is 0 Å². The molecule has 3 heterocycles. The van der Waals surface area contributed by atoms with Crippen molar-refractivity contribution in [2.24, 2.45) is 0 Å². The third-order valence-corrected chi connectivity index (χ3v) is 4.84. The number of aromatic nitrogens is 5. The van der Waals surface area contributed by atoms with E-state index in [4.69, 9.17) is 14.5 Å². The highest BCUT2D eigenvalue weighted by Gasteiger charge is 2.12. The van der Waals surface area contributed by atoms with Gasteiger partial charge in [-0.3, -0.25) is 4.40 Å². The van der Waals surface area contributed by atoms with Crippen molar-refractivity contribution in [3.63, 3.8) is 0 Å². The molecule has 5 aromatic rings. The second-order valence-corrected chi connectivity index (χ2v) is 6.65. The maximum Gasteiger partial charge on any atom is 0.323 e. The van der Waals surface area contributed by atoms with E-state index in [0.717, 1.165) is 28.1 Å². The van der Waals surface area contributed by atoms with Gasteiger partial charge >= 0.3 is 5.69 Å². The zero-order valence-corrected chi connectivity index (χ0v) is 16.3. The van der Waals surface area contributed by atoms with Crippen molar-refractivity contribution in [2.45, 2.75) is 0 Å². The molecule has 3 aromatic heterocycles. The maximum atomic E-state index is 11.5. The molecule has 0 fully saturated rings. The minimum Gasteiger partial charge on any atom is -0.493 e. The van der Waals surface area contributed by atoms with E-state index in [0.29, 0.717) is 23.0 Å². The number of methoxy groups -OCH3 is 2. The summed E-state index contributed by atoms with van der Waals surface area (Å²) >= 11 is 0. The Balaban J connectivity index is 1.59. The Labute approximate surface area is 170 Å². The van der Waals surface area contributed by atoms with Gasteiger partial charge < -0.3 is 24.8 Å². The van der Waals surface area contributed by atoms with Crippen LogP contribution >= 0.6 is 0 Å². The first-order valence-electron chi connectivity index (χ1n) is 9.20. The van der Waals surface area contributed by atoms with Crippen LogP contribution in [-0.2, 0) is 0 Å². The van der Waals surface area contributed by atoms with Crippen LogP contribution in [0.15, 0.2) is 59.7 Å². The number of aromatic amines is 2. The smallest absolute Gasteiger partial charge is 0.323 e. The number of fused-ring (bicyclic) bond motifs is 2. The Hall–Kier alpha value is -4.27. The molecule has 0 saturated heterocycles. The summed E-state index contributed by atoms with van der Waals surface area (Å²) in [5.74, 6) is 1.86. The monoisotopic (exact) mass is 402 g/mol. The number of nitrogens with zero attached hydrogens (tertiary/aromatic N) is 3. The maximum absolute atomic E-state index is 11.5. The highest BCUT2D eigenvalue weighted by molar-refractivity contribution is 5.80. The van der Waals surface area contributed by atoms with Crippen molar-refractivity contribution in [1.82, 2.24) is 24.3 Å². The molecule has 0 aliphatic heterocycles. The van der Waals surface area contributed by atoms with Gasteiger partial charge in [-0.1, -0.05) is 0 Å². The number of imidazole rings is 2. The SMILES string of the molecule is COc1ccc(-c2cc3nccn3c(Nc3ccc4[nH]c(=O)[nH]c4c3)n2)cc1OC. The quantitative estimate of drug-likeness (QED) is 0.416. The first kappa shape index (κ1) is 17.8. The summed E-state index contributed by atoms with van der Waals surface area (Å²) in [4.78, 5) is 26.2. The van der Waals surface area contributed by atoms with Gasteiger partial charge in [0.15, 0.2) is 11.5 Å². The fourth-order valence-electron chi connectivity index (χ4n) is 3.39. The van der Waals surface area contributed by atoms with E-state index in [1.54, 1.807) is 20.4 Å². The van der Waals surface area contributed by atoms with Crippen molar-refractivity contribution < 1.29 is 9.47 Å². The fraction of sp³-hybridized carbons (Fsp3) is 0.0952. The lowest BCUT2D eigenvalue weighted by Crippen LogP contribution is -2.02. The van der Waals surface area contributed by atoms with E-state index in [9.17, 15) is 4.79 Å². The molecular formula is C21H18N6O3. The molecule has 0 aliphatic rings. The molecule has 0 spiro atoms. The van der Waals surface area contributed by atoms with Gasteiger partial charge in [-0.15, -0.1) is 0 Å². The third kappa shape index (κ3) is 3.02. The van der Waals surface area contributed by atoms with Crippen LogP contribution in [-0.4, -0.2) is 38.6 Å². The van der Waals surface area contributed by atoms with Gasteiger partial charge in [0.2, 0.25) is 5.95 Å². The van der Waals surface area contributed by atoms with Crippen LogP contribution in [0.1, 0.15) is 0 Å². The molecule has 0 bridgehead atoms. The average Bonchev–Trinajstić information content (AvgIpc) is 3.38. The molecule has 9 nitrogen and oxygen atoms in total. The third-order valence-electron chi connectivity index (χ3n) is 4.84. The molecular weight excluding hydrogens is 384 g/mol. The van der Waals surface area contributed by atoms with Gasteiger partial charge in [0.1, 0.15) is 5.65 Å². The normalized spacial score (nSPS) is 11.1. The summed E-state index contributed by atoms with van der Waals surface area (Å²) in [5.41, 5.74) is 4.33.